The molecule has 0 atom stereocenters. The number of anilines is 1. The number of urea groups is 1. The van der Waals surface area contributed by atoms with E-state index in [-0.39, 0.29) is 5.57 Å². The van der Waals surface area contributed by atoms with Crippen LogP contribution in [0.4, 0.5) is 10.5 Å². The van der Waals surface area contributed by atoms with E-state index < -0.39 is 17.8 Å². The predicted octanol–water partition coefficient (Wildman–Crippen LogP) is 6.39. The Morgan fingerprint density at radius 2 is 1.43 bits per heavy atom. The first kappa shape index (κ1) is 24.3. The molecule has 5 rings (SSSR count). The van der Waals surface area contributed by atoms with Gasteiger partial charge in [0.05, 0.1) is 5.69 Å². The maximum absolute atomic E-state index is 13.3. The number of halogens is 1. The van der Waals surface area contributed by atoms with Crippen LogP contribution in [0.2, 0.25) is 5.02 Å². The summed E-state index contributed by atoms with van der Waals surface area (Å²) in [5, 5.41) is 2.68. The van der Waals surface area contributed by atoms with Crippen LogP contribution in [0, 0.1) is 20.8 Å². The van der Waals surface area contributed by atoms with Crippen LogP contribution in [-0.4, -0.2) is 22.4 Å². The van der Waals surface area contributed by atoms with Gasteiger partial charge in [-0.1, -0.05) is 60.1 Å². The Morgan fingerprint density at radius 1 is 0.784 bits per heavy atom. The number of hydrogen-bond donors (Lipinski definition) is 1. The van der Waals surface area contributed by atoms with Gasteiger partial charge in [-0.05, 0) is 79.4 Å². The molecule has 1 aliphatic rings. The van der Waals surface area contributed by atoms with E-state index in [1.165, 1.54) is 12.1 Å². The van der Waals surface area contributed by atoms with Gasteiger partial charge in [-0.15, -0.1) is 0 Å². The summed E-state index contributed by atoms with van der Waals surface area (Å²) in [7, 11) is 0. The maximum Gasteiger partial charge on any atom is 0.335 e. The molecule has 0 radical (unpaired) electrons. The zero-order chi connectivity index (χ0) is 26.3. The lowest BCUT2D eigenvalue weighted by molar-refractivity contribution is -0.122. The average molecular weight is 510 g/mol. The van der Waals surface area contributed by atoms with Crippen LogP contribution in [0.15, 0.2) is 84.4 Å². The summed E-state index contributed by atoms with van der Waals surface area (Å²) >= 11 is 6.21. The molecule has 37 heavy (non-hydrogen) atoms. The molecule has 1 N–H and O–H groups in total. The number of aryl methyl sites for hydroxylation is 2. The molecule has 1 fully saturated rings. The molecule has 7 heteroatoms. The first-order chi connectivity index (χ1) is 17.7. The third-order valence-electron chi connectivity index (χ3n) is 6.52. The van der Waals surface area contributed by atoms with Crippen molar-refractivity contribution in [2.75, 3.05) is 4.90 Å². The van der Waals surface area contributed by atoms with Gasteiger partial charge < -0.3 is 4.57 Å². The Morgan fingerprint density at radius 3 is 2.11 bits per heavy atom. The Hall–Kier alpha value is -4.42. The minimum absolute atomic E-state index is 0.129. The number of barbiturate groups is 1. The topological polar surface area (TPSA) is 71.4 Å². The molecule has 1 aliphatic heterocycles. The van der Waals surface area contributed by atoms with Crippen molar-refractivity contribution in [2.45, 2.75) is 20.8 Å². The molecule has 1 aromatic heterocycles. The first-order valence-electron chi connectivity index (χ1n) is 11.8. The van der Waals surface area contributed by atoms with Gasteiger partial charge in [0, 0.05) is 22.1 Å². The van der Waals surface area contributed by atoms with E-state index in [1.54, 1.807) is 12.1 Å². The highest BCUT2D eigenvalue weighted by atomic mass is 35.5. The molecule has 0 bridgehead atoms. The highest BCUT2D eigenvalue weighted by Gasteiger charge is 2.37. The number of nitrogens with one attached hydrogen (secondary N) is 1. The quantitative estimate of drug-likeness (QED) is 0.256. The monoisotopic (exact) mass is 509 g/mol. The number of carbonyl (C=O) groups excluding carboxylic acids is 3. The fourth-order valence-corrected chi connectivity index (χ4v) is 4.71. The number of carbonyl (C=O) groups is 3. The van der Waals surface area contributed by atoms with Gasteiger partial charge in [-0.2, -0.15) is 0 Å². The van der Waals surface area contributed by atoms with E-state index >= 15 is 0 Å². The highest BCUT2D eigenvalue weighted by Crippen LogP contribution is 2.29. The Bertz CT molecular complexity index is 1580. The predicted molar refractivity (Wildman–Crippen MR) is 146 cm³/mol. The number of imide groups is 2. The van der Waals surface area contributed by atoms with Crippen molar-refractivity contribution in [1.29, 1.82) is 0 Å². The van der Waals surface area contributed by atoms with Gasteiger partial charge in [-0.3, -0.25) is 14.9 Å². The highest BCUT2D eigenvalue weighted by molar-refractivity contribution is 6.39. The van der Waals surface area contributed by atoms with E-state index in [4.69, 9.17) is 11.6 Å². The van der Waals surface area contributed by atoms with Crippen LogP contribution in [0.25, 0.3) is 22.9 Å². The summed E-state index contributed by atoms with van der Waals surface area (Å²) in [5.74, 6) is -1.44. The molecule has 0 aliphatic carbocycles. The van der Waals surface area contributed by atoms with Crippen LogP contribution in [0.1, 0.15) is 22.5 Å². The van der Waals surface area contributed by atoms with Crippen molar-refractivity contribution < 1.29 is 14.4 Å². The van der Waals surface area contributed by atoms with Crippen LogP contribution in [0.3, 0.4) is 0 Å². The number of amides is 4. The van der Waals surface area contributed by atoms with E-state index in [0.717, 1.165) is 38.7 Å². The van der Waals surface area contributed by atoms with E-state index in [1.807, 2.05) is 57.2 Å². The maximum atomic E-state index is 13.3. The molecule has 6 nitrogen and oxygen atoms in total. The minimum atomic E-state index is -0.809. The van der Waals surface area contributed by atoms with Crippen LogP contribution in [0.5, 0.6) is 0 Å². The van der Waals surface area contributed by atoms with E-state index in [9.17, 15) is 14.4 Å². The van der Waals surface area contributed by atoms with Gasteiger partial charge in [-0.25, -0.2) is 9.69 Å². The van der Waals surface area contributed by atoms with Crippen LogP contribution < -0.4 is 10.2 Å². The molecule has 184 valence electrons. The number of benzene rings is 3. The second-order valence-corrected chi connectivity index (χ2v) is 9.37. The summed E-state index contributed by atoms with van der Waals surface area (Å²) in [4.78, 5) is 39.5. The second-order valence-electron chi connectivity index (χ2n) is 8.97. The first-order valence-corrected chi connectivity index (χ1v) is 12.1. The fraction of sp³-hybridized carbons (Fsp3) is 0.100. The third-order valence-corrected chi connectivity index (χ3v) is 6.93. The summed E-state index contributed by atoms with van der Waals surface area (Å²) in [6.07, 6.45) is 1.53. The summed E-state index contributed by atoms with van der Waals surface area (Å²) in [6, 6.07) is 24.3. The molecule has 4 aromatic rings. The Balaban J connectivity index is 1.50. The Labute approximate surface area is 219 Å². The number of nitrogens with zero attached hydrogens (tertiary/aromatic N) is 2. The summed E-state index contributed by atoms with van der Waals surface area (Å²) in [6.45, 7) is 5.72. The molecular formula is C30H24ClN3O3. The van der Waals surface area contributed by atoms with Crippen molar-refractivity contribution >= 4 is 41.2 Å². The zero-order valence-corrected chi connectivity index (χ0v) is 21.3. The second kappa shape index (κ2) is 9.56. The third kappa shape index (κ3) is 4.47. The van der Waals surface area contributed by atoms with Crippen LogP contribution >= 0.6 is 11.6 Å². The summed E-state index contributed by atoms with van der Waals surface area (Å²) in [5.41, 5.74) is 6.70. The van der Waals surface area contributed by atoms with E-state index in [2.05, 4.69) is 34.1 Å². The molecule has 0 spiro atoms. The van der Waals surface area contributed by atoms with E-state index in [0.29, 0.717) is 16.3 Å². The normalized spacial score (nSPS) is 14.9. The lowest BCUT2D eigenvalue weighted by atomic mass is 10.1. The van der Waals surface area contributed by atoms with Crippen molar-refractivity contribution in [3.05, 3.63) is 112 Å². The Kier molecular flexibility index (Phi) is 6.27. The van der Waals surface area contributed by atoms with Crippen molar-refractivity contribution in [3.63, 3.8) is 0 Å². The number of aromatic nitrogens is 1. The number of rotatable bonds is 4. The van der Waals surface area contributed by atoms with Crippen LogP contribution in [-0.2, 0) is 9.59 Å². The van der Waals surface area contributed by atoms with Crippen molar-refractivity contribution in [1.82, 2.24) is 9.88 Å². The molecule has 0 saturated carbocycles. The summed E-state index contributed by atoms with van der Waals surface area (Å²) < 4.78 is 2.06. The van der Waals surface area contributed by atoms with Gasteiger partial charge >= 0.3 is 6.03 Å². The smallest absolute Gasteiger partial charge is 0.318 e. The fourth-order valence-electron chi connectivity index (χ4n) is 4.53. The zero-order valence-electron chi connectivity index (χ0n) is 20.6. The minimum Gasteiger partial charge on any atom is -0.318 e. The molecule has 2 heterocycles. The number of hydrogen-bond acceptors (Lipinski definition) is 3. The molecule has 1 saturated heterocycles. The molecule has 3 aromatic carbocycles. The molecular weight excluding hydrogens is 486 g/mol. The van der Waals surface area contributed by atoms with Crippen molar-refractivity contribution in [2.24, 2.45) is 0 Å². The van der Waals surface area contributed by atoms with Gasteiger partial charge in [0.2, 0.25) is 0 Å². The average Bonchev–Trinajstić information content (AvgIpc) is 3.17. The standard InChI is InChI=1S/C30H24ClN3O3/c1-18-9-12-25(17-27(18)31)34-29(36)26(28(35)32-30(34)37)16-23-15-19(2)33(20(23)3)24-13-10-22(11-14-24)21-7-5-4-6-8-21/h4-17H,1-3H3,(H,32,35,37)/b26-16+. The lowest BCUT2D eigenvalue weighted by Crippen LogP contribution is -2.54. The largest absolute Gasteiger partial charge is 0.335 e. The van der Waals surface area contributed by atoms with Gasteiger partial charge in [0.25, 0.3) is 11.8 Å². The SMILES string of the molecule is Cc1ccc(N2C(=O)NC(=O)/C(=C\c3cc(C)n(-c4ccc(-c5ccccc5)cc4)c3C)C2=O)cc1Cl. The molecule has 0 unspecified atom stereocenters. The van der Waals surface area contributed by atoms with Gasteiger partial charge in [0.1, 0.15) is 5.57 Å². The van der Waals surface area contributed by atoms with Crippen molar-refractivity contribution in [3.8, 4) is 16.8 Å². The van der Waals surface area contributed by atoms with Gasteiger partial charge in [0.15, 0.2) is 0 Å². The molecule has 4 amide bonds. The lowest BCUT2D eigenvalue weighted by Gasteiger charge is -2.26.